The van der Waals surface area contributed by atoms with Crippen LogP contribution in [-0.4, -0.2) is 50.9 Å². The average Bonchev–Trinajstić information content (AvgIpc) is 2.97. The predicted octanol–water partition coefficient (Wildman–Crippen LogP) is 6.82. The second-order valence-corrected chi connectivity index (χ2v) is 13.3. The maximum absolute atomic E-state index is 14.2. The van der Waals surface area contributed by atoms with Crippen LogP contribution in [0.15, 0.2) is 71.6 Å². The maximum atomic E-state index is 14.2. The van der Waals surface area contributed by atoms with E-state index in [1.165, 1.54) is 29.2 Å². The molecule has 0 spiro atoms. The molecular formula is C31H36Cl3N3O5S. The smallest absolute Gasteiger partial charge is 0.264 e. The highest BCUT2D eigenvalue weighted by Crippen LogP contribution is 2.33. The van der Waals surface area contributed by atoms with Gasteiger partial charge in [0.1, 0.15) is 18.3 Å². The molecule has 0 bridgehead atoms. The van der Waals surface area contributed by atoms with E-state index in [1.807, 2.05) is 13.8 Å². The highest BCUT2D eigenvalue weighted by atomic mass is 35.5. The van der Waals surface area contributed by atoms with Gasteiger partial charge in [-0.15, -0.1) is 0 Å². The van der Waals surface area contributed by atoms with Gasteiger partial charge in [0.2, 0.25) is 11.8 Å². The van der Waals surface area contributed by atoms with Crippen molar-refractivity contribution in [2.24, 2.45) is 5.92 Å². The number of rotatable bonds is 14. The SMILES string of the molecule is CCOc1ccccc1N(CC(=O)N(Cc1ccc(Cl)c(Cl)c1)C(CC)C(=O)NCC(C)C)S(=O)(=O)c1ccc(Cl)cc1. The van der Waals surface area contributed by atoms with Gasteiger partial charge in [-0.3, -0.25) is 13.9 Å². The zero-order valence-corrected chi connectivity index (χ0v) is 27.6. The third-order valence-corrected chi connectivity index (χ3v) is 9.29. The molecule has 0 heterocycles. The summed E-state index contributed by atoms with van der Waals surface area (Å²) in [6, 6.07) is 16.3. The van der Waals surface area contributed by atoms with E-state index < -0.39 is 28.5 Å². The molecule has 3 aromatic carbocycles. The fourth-order valence-corrected chi connectivity index (χ4v) is 6.24. The highest BCUT2D eigenvalue weighted by Gasteiger charge is 2.34. The Balaban J connectivity index is 2.11. The quantitative estimate of drug-likeness (QED) is 0.203. The van der Waals surface area contributed by atoms with Gasteiger partial charge in [0.15, 0.2) is 0 Å². The van der Waals surface area contributed by atoms with Gasteiger partial charge in [-0.1, -0.05) is 73.8 Å². The molecule has 0 saturated carbocycles. The molecule has 0 saturated heterocycles. The zero-order valence-electron chi connectivity index (χ0n) is 24.5. The Morgan fingerprint density at radius 2 is 1.60 bits per heavy atom. The van der Waals surface area contributed by atoms with Gasteiger partial charge in [0, 0.05) is 18.1 Å². The number of carbonyl (C=O) groups is 2. The number of ether oxygens (including phenoxy) is 1. The van der Waals surface area contributed by atoms with E-state index in [0.717, 1.165) is 4.31 Å². The van der Waals surface area contributed by atoms with Gasteiger partial charge in [0.25, 0.3) is 10.0 Å². The second-order valence-electron chi connectivity index (χ2n) is 10.2. The van der Waals surface area contributed by atoms with Crippen LogP contribution < -0.4 is 14.4 Å². The predicted molar refractivity (Wildman–Crippen MR) is 173 cm³/mol. The molecule has 1 N–H and O–H groups in total. The number of amides is 2. The molecule has 12 heteroatoms. The third-order valence-electron chi connectivity index (χ3n) is 6.52. The minimum Gasteiger partial charge on any atom is -0.492 e. The first-order valence-electron chi connectivity index (χ1n) is 13.9. The van der Waals surface area contributed by atoms with Crippen LogP contribution in [0, 0.1) is 5.92 Å². The summed E-state index contributed by atoms with van der Waals surface area (Å²) in [6.07, 6.45) is 0.288. The van der Waals surface area contributed by atoms with Crippen LogP contribution in [0.3, 0.4) is 0 Å². The largest absolute Gasteiger partial charge is 0.492 e. The van der Waals surface area contributed by atoms with E-state index in [2.05, 4.69) is 5.32 Å². The van der Waals surface area contributed by atoms with E-state index in [1.54, 1.807) is 56.3 Å². The van der Waals surface area contributed by atoms with E-state index in [-0.39, 0.29) is 47.7 Å². The molecule has 0 aliphatic rings. The molecule has 0 aliphatic heterocycles. The molecule has 0 radical (unpaired) electrons. The molecule has 1 unspecified atom stereocenters. The summed E-state index contributed by atoms with van der Waals surface area (Å²) in [6.45, 7) is 7.59. The fourth-order valence-electron chi connectivity index (χ4n) is 4.36. The van der Waals surface area contributed by atoms with Gasteiger partial charge in [-0.05, 0) is 73.4 Å². The number of carbonyl (C=O) groups excluding carboxylic acids is 2. The number of hydrogen-bond acceptors (Lipinski definition) is 5. The lowest BCUT2D eigenvalue weighted by molar-refractivity contribution is -0.140. The summed E-state index contributed by atoms with van der Waals surface area (Å²) in [5, 5.41) is 3.90. The number of hydrogen-bond donors (Lipinski definition) is 1. The first-order chi connectivity index (χ1) is 20.4. The van der Waals surface area contributed by atoms with E-state index in [0.29, 0.717) is 27.2 Å². The van der Waals surface area contributed by atoms with Crippen molar-refractivity contribution in [1.29, 1.82) is 0 Å². The lowest BCUT2D eigenvalue weighted by atomic mass is 10.1. The minimum atomic E-state index is -4.29. The normalized spacial score (nSPS) is 12.1. The van der Waals surface area contributed by atoms with Gasteiger partial charge < -0.3 is 15.0 Å². The van der Waals surface area contributed by atoms with Crippen molar-refractivity contribution in [3.05, 3.63) is 87.4 Å². The van der Waals surface area contributed by atoms with Crippen LogP contribution in [0.25, 0.3) is 0 Å². The Bertz CT molecular complexity index is 1520. The molecule has 0 fully saturated rings. The van der Waals surface area contributed by atoms with Crippen molar-refractivity contribution < 1.29 is 22.7 Å². The topological polar surface area (TPSA) is 96.0 Å². The Kier molecular flexibility index (Phi) is 12.6. The first kappa shape index (κ1) is 34.5. The Morgan fingerprint density at radius 1 is 0.930 bits per heavy atom. The van der Waals surface area contributed by atoms with Crippen molar-refractivity contribution in [3.63, 3.8) is 0 Å². The molecular weight excluding hydrogens is 633 g/mol. The number of anilines is 1. The summed E-state index contributed by atoms with van der Waals surface area (Å²) in [4.78, 5) is 28.9. The molecule has 2 amide bonds. The molecule has 3 rings (SSSR count). The first-order valence-corrected chi connectivity index (χ1v) is 16.5. The van der Waals surface area contributed by atoms with Crippen molar-refractivity contribution >= 4 is 62.3 Å². The van der Waals surface area contributed by atoms with Crippen LogP contribution in [0.4, 0.5) is 5.69 Å². The van der Waals surface area contributed by atoms with Crippen LogP contribution in [-0.2, 0) is 26.2 Å². The molecule has 0 aromatic heterocycles. The molecule has 43 heavy (non-hydrogen) atoms. The number of benzene rings is 3. The lowest BCUT2D eigenvalue weighted by Gasteiger charge is -2.33. The van der Waals surface area contributed by atoms with Crippen LogP contribution >= 0.6 is 34.8 Å². The van der Waals surface area contributed by atoms with E-state index in [9.17, 15) is 18.0 Å². The Hall–Kier alpha value is -2.98. The number of para-hydroxylation sites is 2. The number of nitrogens with one attached hydrogen (secondary N) is 1. The molecule has 0 aliphatic carbocycles. The highest BCUT2D eigenvalue weighted by molar-refractivity contribution is 7.92. The van der Waals surface area contributed by atoms with Crippen LogP contribution in [0.1, 0.15) is 39.7 Å². The molecule has 3 aromatic rings. The van der Waals surface area contributed by atoms with Gasteiger partial charge in [-0.25, -0.2) is 8.42 Å². The van der Waals surface area contributed by atoms with Crippen LogP contribution in [0.2, 0.25) is 15.1 Å². The van der Waals surface area contributed by atoms with E-state index in [4.69, 9.17) is 39.5 Å². The third kappa shape index (κ3) is 9.01. The minimum absolute atomic E-state index is 0.00866. The average molecular weight is 669 g/mol. The standard InChI is InChI=1S/C31H36Cl3N3O5S/c1-5-27(31(39)35-18-21(3)4)36(19-22-11-16-25(33)26(34)17-22)30(38)20-37(28-9-7-8-10-29(28)42-6-2)43(40,41)24-14-12-23(32)13-15-24/h7-17,21,27H,5-6,18-20H2,1-4H3,(H,35,39). The number of nitrogens with zero attached hydrogens (tertiary/aromatic N) is 2. The summed E-state index contributed by atoms with van der Waals surface area (Å²) < 4.78 is 34.9. The van der Waals surface area contributed by atoms with Gasteiger partial charge in [-0.2, -0.15) is 0 Å². The summed E-state index contributed by atoms with van der Waals surface area (Å²) in [5.74, 6) is -0.461. The van der Waals surface area contributed by atoms with Gasteiger partial charge in [0.05, 0.1) is 27.2 Å². The van der Waals surface area contributed by atoms with Gasteiger partial charge >= 0.3 is 0 Å². The van der Waals surface area contributed by atoms with Crippen molar-refractivity contribution in [2.75, 3.05) is 24.0 Å². The molecule has 1 atom stereocenters. The molecule has 8 nitrogen and oxygen atoms in total. The number of sulfonamides is 1. The second kappa shape index (κ2) is 15.7. The summed E-state index contributed by atoms with van der Waals surface area (Å²) in [7, 11) is -4.29. The number of halogens is 3. The van der Waals surface area contributed by atoms with Crippen molar-refractivity contribution in [3.8, 4) is 5.75 Å². The summed E-state index contributed by atoms with van der Waals surface area (Å²) >= 11 is 18.4. The van der Waals surface area contributed by atoms with Crippen molar-refractivity contribution in [2.45, 2.75) is 51.6 Å². The maximum Gasteiger partial charge on any atom is 0.264 e. The molecule has 232 valence electrons. The Morgan fingerprint density at radius 3 is 2.21 bits per heavy atom. The van der Waals surface area contributed by atoms with Crippen LogP contribution in [0.5, 0.6) is 5.75 Å². The van der Waals surface area contributed by atoms with Crippen molar-refractivity contribution in [1.82, 2.24) is 10.2 Å². The Labute approximate surface area is 268 Å². The monoisotopic (exact) mass is 667 g/mol. The zero-order chi connectivity index (χ0) is 31.7. The lowest BCUT2D eigenvalue weighted by Crippen LogP contribution is -2.52. The fraction of sp³-hybridized carbons (Fsp3) is 0.355. The summed E-state index contributed by atoms with van der Waals surface area (Å²) in [5.41, 5.74) is 0.805. The van der Waals surface area contributed by atoms with E-state index >= 15 is 0 Å².